The Labute approximate surface area is 156 Å². The lowest BCUT2D eigenvalue weighted by Crippen LogP contribution is -2.25. The Hall–Kier alpha value is -2.54. The molecule has 6 nitrogen and oxygen atoms in total. The summed E-state index contributed by atoms with van der Waals surface area (Å²) < 4.78 is 5.32. The van der Waals surface area contributed by atoms with Gasteiger partial charge in [0.05, 0.1) is 23.2 Å². The maximum absolute atomic E-state index is 12.1. The normalized spacial score (nSPS) is 10.8. The zero-order valence-corrected chi connectivity index (χ0v) is 15.8. The summed E-state index contributed by atoms with van der Waals surface area (Å²) in [5.41, 5.74) is 3.36. The average Bonchev–Trinajstić information content (AvgIpc) is 3.07. The molecule has 2 aromatic heterocycles. The van der Waals surface area contributed by atoms with Crippen LogP contribution in [0.4, 0.5) is 0 Å². The highest BCUT2D eigenvalue weighted by atomic mass is 32.1. The second-order valence-electron chi connectivity index (χ2n) is 6.00. The second kappa shape index (κ2) is 8.71. The molecule has 0 aliphatic rings. The fourth-order valence-corrected chi connectivity index (χ4v) is 3.47. The van der Waals surface area contributed by atoms with Crippen LogP contribution in [0.3, 0.4) is 0 Å². The zero-order chi connectivity index (χ0) is 18.4. The van der Waals surface area contributed by atoms with Crippen LogP contribution in [0.25, 0.3) is 11.0 Å². The lowest BCUT2D eigenvalue weighted by atomic mass is 10.2. The Kier molecular flexibility index (Phi) is 6.12. The van der Waals surface area contributed by atoms with E-state index in [1.54, 1.807) is 18.4 Å². The van der Waals surface area contributed by atoms with Gasteiger partial charge in [0, 0.05) is 36.9 Å². The minimum absolute atomic E-state index is 0.0114. The first kappa shape index (κ1) is 18.3. The van der Waals surface area contributed by atoms with E-state index in [0.717, 1.165) is 34.6 Å². The number of nitrogens with one attached hydrogen (secondary N) is 1. The Morgan fingerprint density at radius 1 is 1.15 bits per heavy atom. The van der Waals surface area contributed by atoms with E-state index in [9.17, 15) is 4.79 Å². The third-order valence-corrected chi connectivity index (χ3v) is 4.97. The van der Waals surface area contributed by atoms with E-state index in [4.69, 9.17) is 4.74 Å². The second-order valence-corrected chi connectivity index (χ2v) is 6.95. The van der Waals surface area contributed by atoms with Gasteiger partial charge < -0.3 is 10.1 Å². The van der Waals surface area contributed by atoms with E-state index in [1.165, 1.54) is 0 Å². The molecule has 1 N–H and O–H groups in total. The Balaban J connectivity index is 1.48. The van der Waals surface area contributed by atoms with Crippen molar-refractivity contribution in [2.75, 3.05) is 13.7 Å². The minimum atomic E-state index is 0.0114. The van der Waals surface area contributed by atoms with E-state index >= 15 is 0 Å². The molecule has 0 fully saturated rings. The number of ether oxygens (including phenoxy) is 1. The van der Waals surface area contributed by atoms with Gasteiger partial charge in [0.25, 0.3) is 0 Å². The number of carbonyl (C=O) groups is 1. The van der Waals surface area contributed by atoms with E-state index in [0.29, 0.717) is 31.0 Å². The quantitative estimate of drug-likeness (QED) is 0.617. The van der Waals surface area contributed by atoms with E-state index in [2.05, 4.69) is 20.3 Å². The van der Waals surface area contributed by atoms with E-state index in [-0.39, 0.29) is 5.91 Å². The van der Waals surface area contributed by atoms with E-state index < -0.39 is 0 Å². The lowest BCUT2D eigenvalue weighted by Gasteiger charge is -2.09. The molecule has 0 unspecified atom stereocenters. The molecular weight excluding hydrogens is 348 g/mol. The van der Waals surface area contributed by atoms with Crippen LogP contribution in [-0.4, -0.2) is 34.5 Å². The number of methoxy groups -OCH3 is 1. The molecule has 3 aromatic rings. The van der Waals surface area contributed by atoms with Crippen LogP contribution in [0.5, 0.6) is 5.88 Å². The van der Waals surface area contributed by atoms with Crippen LogP contribution in [-0.2, 0) is 17.6 Å². The van der Waals surface area contributed by atoms with Gasteiger partial charge in [-0.1, -0.05) is 12.1 Å². The first-order valence-corrected chi connectivity index (χ1v) is 9.51. The van der Waals surface area contributed by atoms with Gasteiger partial charge >= 0.3 is 0 Å². The van der Waals surface area contributed by atoms with Gasteiger partial charge in [-0.3, -0.25) is 4.79 Å². The number of fused-ring (bicyclic) bond motifs is 1. The Bertz CT molecular complexity index is 894. The van der Waals surface area contributed by atoms with Crippen molar-refractivity contribution < 1.29 is 9.53 Å². The molecule has 0 radical (unpaired) electrons. The van der Waals surface area contributed by atoms with Crippen LogP contribution in [0.2, 0.25) is 0 Å². The molecule has 0 saturated carbocycles. The summed E-state index contributed by atoms with van der Waals surface area (Å²) in [5.74, 6) is 0.493. The molecule has 3 rings (SSSR count). The number of hydrogen-bond acceptors (Lipinski definition) is 6. The number of amides is 1. The summed E-state index contributed by atoms with van der Waals surface area (Å²) in [4.78, 5) is 25.5. The summed E-state index contributed by atoms with van der Waals surface area (Å²) in [6.45, 7) is 2.64. The fraction of sp³-hybridized carbons (Fsp3) is 0.368. The molecule has 1 amide bonds. The highest BCUT2D eigenvalue weighted by Crippen LogP contribution is 2.19. The molecule has 0 atom stereocenters. The molecule has 0 saturated heterocycles. The van der Waals surface area contributed by atoms with Crippen LogP contribution >= 0.6 is 11.3 Å². The van der Waals surface area contributed by atoms with Gasteiger partial charge in [-0.2, -0.15) is 0 Å². The van der Waals surface area contributed by atoms with Gasteiger partial charge in [-0.05, 0) is 25.5 Å². The smallest absolute Gasteiger partial charge is 0.235 e. The van der Waals surface area contributed by atoms with Crippen LogP contribution in [0.15, 0.2) is 29.6 Å². The number of thiazole rings is 1. The maximum atomic E-state index is 12.1. The first-order valence-electron chi connectivity index (χ1n) is 8.63. The van der Waals surface area contributed by atoms with Crippen molar-refractivity contribution >= 4 is 28.3 Å². The molecular formula is C19H22N4O2S. The third kappa shape index (κ3) is 4.76. The van der Waals surface area contributed by atoms with Crippen molar-refractivity contribution in [3.8, 4) is 5.88 Å². The molecule has 136 valence electrons. The molecule has 0 aliphatic carbocycles. The average molecular weight is 370 g/mol. The van der Waals surface area contributed by atoms with Crippen molar-refractivity contribution in [1.82, 2.24) is 20.3 Å². The number of carbonyl (C=O) groups excluding carboxylic acids is 1. The zero-order valence-electron chi connectivity index (χ0n) is 15.0. The molecule has 0 bridgehead atoms. The van der Waals surface area contributed by atoms with Crippen molar-refractivity contribution in [3.05, 3.63) is 46.0 Å². The predicted molar refractivity (Wildman–Crippen MR) is 103 cm³/mol. The standard InChI is InChI=1S/C19H22N4O2S/c1-13-12-26-18(21-13)8-5-11-20-17(24)10-9-16-19(25-2)23-15-7-4-3-6-14(15)22-16/h3-4,6-7,12H,5,8-11H2,1-2H3,(H,20,24). The first-order chi connectivity index (χ1) is 12.7. The summed E-state index contributed by atoms with van der Waals surface area (Å²) in [6.07, 6.45) is 2.64. The lowest BCUT2D eigenvalue weighted by molar-refractivity contribution is -0.121. The molecule has 1 aromatic carbocycles. The summed E-state index contributed by atoms with van der Waals surface area (Å²) in [7, 11) is 1.57. The van der Waals surface area contributed by atoms with Crippen LogP contribution in [0, 0.1) is 6.92 Å². The summed E-state index contributed by atoms with van der Waals surface area (Å²) in [6, 6.07) is 7.64. The Morgan fingerprint density at radius 2 is 1.92 bits per heavy atom. The number of benzene rings is 1. The highest BCUT2D eigenvalue weighted by molar-refractivity contribution is 7.09. The Morgan fingerprint density at radius 3 is 2.62 bits per heavy atom. The summed E-state index contributed by atoms with van der Waals surface area (Å²) in [5, 5.41) is 6.12. The van der Waals surface area contributed by atoms with Gasteiger partial charge in [0.1, 0.15) is 5.69 Å². The topological polar surface area (TPSA) is 77.0 Å². The molecule has 7 heteroatoms. The number of hydrogen-bond donors (Lipinski definition) is 1. The van der Waals surface area contributed by atoms with Crippen molar-refractivity contribution in [1.29, 1.82) is 0 Å². The number of aryl methyl sites for hydroxylation is 3. The predicted octanol–water partition coefficient (Wildman–Crippen LogP) is 3.08. The third-order valence-electron chi connectivity index (χ3n) is 3.94. The monoisotopic (exact) mass is 370 g/mol. The molecule has 0 aliphatic heterocycles. The SMILES string of the molecule is COc1nc2ccccc2nc1CCC(=O)NCCCc1nc(C)cs1. The molecule has 2 heterocycles. The van der Waals surface area contributed by atoms with Gasteiger partial charge in [0.15, 0.2) is 0 Å². The van der Waals surface area contributed by atoms with E-state index in [1.807, 2.05) is 36.6 Å². The highest BCUT2D eigenvalue weighted by Gasteiger charge is 2.11. The minimum Gasteiger partial charge on any atom is -0.480 e. The van der Waals surface area contributed by atoms with Gasteiger partial charge in [-0.25, -0.2) is 15.0 Å². The van der Waals surface area contributed by atoms with Crippen LogP contribution < -0.4 is 10.1 Å². The summed E-state index contributed by atoms with van der Waals surface area (Å²) >= 11 is 1.67. The van der Waals surface area contributed by atoms with Gasteiger partial charge in [-0.15, -0.1) is 11.3 Å². The molecule has 26 heavy (non-hydrogen) atoms. The number of nitrogens with zero attached hydrogens (tertiary/aromatic N) is 3. The number of rotatable bonds is 8. The van der Waals surface area contributed by atoms with Crippen molar-refractivity contribution in [3.63, 3.8) is 0 Å². The number of para-hydroxylation sites is 2. The molecule has 0 spiro atoms. The maximum Gasteiger partial charge on any atom is 0.235 e. The fourth-order valence-electron chi connectivity index (χ4n) is 2.65. The van der Waals surface area contributed by atoms with Crippen LogP contribution in [0.1, 0.15) is 29.2 Å². The van der Waals surface area contributed by atoms with Crippen molar-refractivity contribution in [2.24, 2.45) is 0 Å². The largest absolute Gasteiger partial charge is 0.480 e. The van der Waals surface area contributed by atoms with Gasteiger partial charge in [0.2, 0.25) is 11.8 Å². The van der Waals surface area contributed by atoms with Crippen molar-refractivity contribution in [2.45, 2.75) is 32.6 Å². The number of aromatic nitrogens is 3.